The van der Waals surface area contributed by atoms with Gasteiger partial charge in [0, 0.05) is 12.1 Å². The Bertz CT molecular complexity index is 1430. The Morgan fingerprint density at radius 2 is 1.78 bits per heavy atom. The van der Waals surface area contributed by atoms with E-state index in [1.807, 2.05) is 30.3 Å². The van der Waals surface area contributed by atoms with Gasteiger partial charge in [0.1, 0.15) is 28.9 Å². The van der Waals surface area contributed by atoms with Gasteiger partial charge >= 0.3 is 0 Å². The van der Waals surface area contributed by atoms with Crippen molar-refractivity contribution in [2.45, 2.75) is 24.9 Å². The SMILES string of the molecule is O=C(Nc1cc(Oc2ccccc2)cc([N+](=O)[O-])c1)c1cnn2c1N[C@@H](c1ccccc1)C[C@H]2C(F)F. The van der Waals surface area contributed by atoms with E-state index in [4.69, 9.17) is 4.74 Å². The Balaban J connectivity index is 1.44. The van der Waals surface area contributed by atoms with Gasteiger partial charge in [0.2, 0.25) is 0 Å². The van der Waals surface area contributed by atoms with E-state index in [9.17, 15) is 23.7 Å². The van der Waals surface area contributed by atoms with Gasteiger partial charge in [-0.05, 0) is 24.1 Å². The van der Waals surface area contributed by atoms with Crippen molar-refractivity contribution in [1.82, 2.24) is 9.78 Å². The van der Waals surface area contributed by atoms with Crippen LogP contribution in [0.4, 0.5) is 26.0 Å². The van der Waals surface area contributed by atoms with E-state index >= 15 is 0 Å². The van der Waals surface area contributed by atoms with Gasteiger partial charge in [0.05, 0.1) is 28.9 Å². The van der Waals surface area contributed by atoms with E-state index in [1.54, 1.807) is 30.3 Å². The molecule has 0 radical (unpaired) electrons. The molecule has 0 unspecified atom stereocenters. The smallest absolute Gasteiger partial charge is 0.275 e. The number of fused-ring (bicyclic) bond motifs is 1. The van der Waals surface area contributed by atoms with Crippen molar-refractivity contribution in [1.29, 1.82) is 0 Å². The molecule has 2 N–H and O–H groups in total. The van der Waals surface area contributed by atoms with Crippen molar-refractivity contribution in [3.8, 4) is 11.5 Å². The zero-order valence-electron chi connectivity index (χ0n) is 19.3. The molecule has 0 aliphatic carbocycles. The first-order valence-corrected chi connectivity index (χ1v) is 11.4. The van der Waals surface area contributed by atoms with Crippen molar-refractivity contribution >= 4 is 23.1 Å². The summed E-state index contributed by atoms with van der Waals surface area (Å²) >= 11 is 0. The molecule has 11 heteroatoms. The zero-order chi connectivity index (χ0) is 25.9. The van der Waals surface area contributed by atoms with Gasteiger partial charge in [0.15, 0.2) is 0 Å². The molecule has 188 valence electrons. The summed E-state index contributed by atoms with van der Waals surface area (Å²) in [5, 5.41) is 21.3. The average molecular weight is 505 g/mol. The molecule has 0 saturated heterocycles. The van der Waals surface area contributed by atoms with Crippen LogP contribution in [0.5, 0.6) is 11.5 Å². The molecule has 1 amide bonds. The number of alkyl halides is 2. The molecule has 3 aromatic carbocycles. The fourth-order valence-electron chi connectivity index (χ4n) is 4.25. The third-order valence-corrected chi connectivity index (χ3v) is 5.97. The van der Waals surface area contributed by atoms with Crippen molar-refractivity contribution in [2.24, 2.45) is 0 Å². The third-order valence-electron chi connectivity index (χ3n) is 5.97. The quantitative estimate of drug-likeness (QED) is 0.229. The zero-order valence-corrected chi connectivity index (χ0v) is 19.3. The van der Waals surface area contributed by atoms with E-state index in [0.29, 0.717) is 5.75 Å². The lowest BCUT2D eigenvalue weighted by molar-refractivity contribution is -0.384. The highest BCUT2D eigenvalue weighted by molar-refractivity contribution is 6.07. The molecule has 37 heavy (non-hydrogen) atoms. The van der Waals surface area contributed by atoms with Crippen LogP contribution in [0.1, 0.15) is 34.4 Å². The summed E-state index contributed by atoms with van der Waals surface area (Å²) in [6.07, 6.45) is -1.40. The first kappa shape index (κ1) is 23.9. The number of amides is 1. The number of nitro benzene ring substituents is 1. The van der Waals surface area contributed by atoms with Gasteiger partial charge in [-0.3, -0.25) is 14.9 Å². The Kier molecular flexibility index (Phi) is 6.50. The molecular weight excluding hydrogens is 484 g/mol. The maximum atomic E-state index is 13.9. The van der Waals surface area contributed by atoms with Crippen molar-refractivity contribution in [3.63, 3.8) is 0 Å². The third kappa shape index (κ3) is 5.10. The van der Waals surface area contributed by atoms with Gasteiger partial charge in [0.25, 0.3) is 18.0 Å². The van der Waals surface area contributed by atoms with Gasteiger partial charge in [-0.1, -0.05) is 48.5 Å². The Labute approximate surface area is 209 Å². The Hall–Kier alpha value is -4.80. The Morgan fingerprint density at radius 1 is 1.08 bits per heavy atom. The summed E-state index contributed by atoms with van der Waals surface area (Å²) in [5.74, 6) is 0.0867. The molecule has 0 fully saturated rings. The molecule has 4 aromatic rings. The number of halogens is 2. The minimum Gasteiger partial charge on any atom is -0.457 e. The first-order chi connectivity index (χ1) is 17.9. The molecule has 9 nitrogen and oxygen atoms in total. The predicted molar refractivity (Wildman–Crippen MR) is 132 cm³/mol. The number of carbonyl (C=O) groups is 1. The summed E-state index contributed by atoms with van der Waals surface area (Å²) in [5.41, 5.74) is 0.642. The van der Waals surface area contributed by atoms with Crippen LogP contribution in [0.25, 0.3) is 0 Å². The number of non-ortho nitro benzene ring substituents is 1. The van der Waals surface area contributed by atoms with Crippen LogP contribution in [-0.4, -0.2) is 27.0 Å². The molecule has 1 aliphatic heterocycles. The second kappa shape index (κ2) is 10.1. The standard InChI is InChI=1S/C26H21F2N5O4/c27-24(28)23-14-22(16-7-3-1-4-8-16)31-25-21(15-29-32(23)25)26(34)30-17-11-18(33(35)36)13-20(12-17)37-19-9-5-2-6-10-19/h1-13,15,22-24,31H,14H2,(H,30,34)/t22-,23+/m1/s1. The lowest BCUT2D eigenvalue weighted by Crippen LogP contribution is -2.31. The molecule has 0 saturated carbocycles. The molecule has 5 rings (SSSR count). The Morgan fingerprint density at radius 3 is 2.46 bits per heavy atom. The summed E-state index contributed by atoms with van der Waals surface area (Å²) in [6, 6.07) is 19.9. The topological polar surface area (TPSA) is 111 Å². The van der Waals surface area contributed by atoms with E-state index in [2.05, 4.69) is 15.7 Å². The molecule has 1 aliphatic rings. The molecule has 0 spiro atoms. The number of carbonyl (C=O) groups excluding carboxylic acids is 1. The minimum atomic E-state index is -2.70. The first-order valence-electron chi connectivity index (χ1n) is 11.4. The number of hydrogen-bond acceptors (Lipinski definition) is 6. The monoisotopic (exact) mass is 505 g/mol. The molecule has 0 bridgehead atoms. The van der Waals surface area contributed by atoms with E-state index in [-0.39, 0.29) is 34.9 Å². The number of anilines is 2. The fourth-order valence-corrected chi connectivity index (χ4v) is 4.25. The van der Waals surface area contributed by atoms with Crippen LogP contribution < -0.4 is 15.4 Å². The van der Waals surface area contributed by atoms with E-state index < -0.39 is 29.3 Å². The van der Waals surface area contributed by atoms with Crippen molar-refractivity contribution in [2.75, 3.05) is 10.6 Å². The van der Waals surface area contributed by atoms with Crippen LogP contribution in [-0.2, 0) is 0 Å². The number of benzene rings is 3. The molecular formula is C26H21F2N5O4. The number of para-hydroxylation sites is 1. The normalized spacial score (nSPS) is 16.5. The average Bonchev–Trinajstić information content (AvgIpc) is 3.33. The molecule has 2 heterocycles. The summed E-state index contributed by atoms with van der Waals surface area (Å²) in [4.78, 5) is 24.1. The van der Waals surface area contributed by atoms with Gasteiger partial charge < -0.3 is 15.4 Å². The maximum absolute atomic E-state index is 13.9. The van der Waals surface area contributed by atoms with Crippen LogP contribution in [0.3, 0.4) is 0 Å². The number of aromatic nitrogens is 2. The van der Waals surface area contributed by atoms with E-state index in [1.165, 1.54) is 24.4 Å². The summed E-state index contributed by atoms with van der Waals surface area (Å²) in [7, 11) is 0. The number of nitrogens with zero attached hydrogens (tertiary/aromatic N) is 3. The van der Waals surface area contributed by atoms with Gasteiger partial charge in [-0.15, -0.1) is 0 Å². The predicted octanol–water partition coefficient (Wildman–Crippen LogP) is 6.20. The van der Waals surface area contributed by atoms with Crippen LogP contribution in [0, 0.1) is 10.1 Å². The summed E-state index contributed by atoms with van der Waals surface area (Å²) < 4.78 is 34.7. The van der Waals surface area contributed by atoms with Crippen molar-refractivity contribution in [3.05, 3.63) is 106 Å². The highest BCUT2D eigenvalue weighted by Gasteiger charge is 2.36. The number of ether oxygens (including phenoxy) is 1. The fraction of sp³-hybridized carbons (Fsp3) is 0.154. The highest BCUT2D eigenvalue weighted by atomic mass is 19.3. The van der Waals surface area contributed by atoms with Crippen molar-refractivity contribution < 1.29 is 23.2 Å². The second-order valence-electron chi connectivity index (χ2n) is 8.44. The number of nitro groups is 1. The lowest BCUT2D eigenvalue weighted by Gasteiger charge is -2.32. The largest absolute Gasteiger partial charge is 0.457 e. The van der Waals surface area contributed by atoms with Crippen LogP contribution in [0.2, 0.25) is 0 Å². The number of hydrogen-bond donors (Lipinski definition) is 2. The second-order valence-corrected chi connectivity index (χ2v) is 8.44. The summed E-state index contributed by atoms with van der Waals surface area (Å²) in [6.45, 7) is 0. The van der Waals surface area contributed by atoms with E-state index in [0.717, 1.165) is 10.2 Å². The molecule has 2 atom stereocenters. The number of nitrogens with one attached hydrogen (secondary N) is 2. The maximum Gasteiger partial charge on any atom is 0.275 e. The van der Waals surface area contributed by atoms with Crippen LogP contribution >= 0.6 is 0 Å². The molecule has 1 aromatic heterocycles. The minimum absolute atomic E-state index is 0.0308. The lowest BCUT2D eigenvalue weighted by atomic mass is 9.97. The van der Waals surface area contributed by atoms with Gasteiger partial charge in [-0.2, -0.15) is 5.10 Å². The van der Waals surface area contributed by atoms with Crippen LogP contribution in [0.15, 0.2) is 85.1 Å². The van der Waals surface area contributed by atoms with Gasteiger partial charge in [-0.25, -0.2) is 13.5 Å². The highest BCUT2D eigenvalue weighted by Crippen LogP contribution is 2.39. The number of rotatable bonds is 7.